The Morgan fingerprint density at radius 1 is 1.35 bits per heavy atom. The van der Waals surface area contributed by atoms with E-state index in [0.717, 1.165) is 25.2 Å². The van der Waals surface area contributed by atoms with Gasteiger partial charge in [0.15, 0.2) is 0 Å². The van der Waals surface area contributed by atoms with Crippen LogP contribution in [0.5, 0.6) is 0 Å². The van der Waals surface area contributed by atoms with Crippen LogP contribution in [0.1, 0.15) is 12.1 Å². The molecule has 94 valence electrons. The maximum atomic E-state index is 5.57. The topological polar surface area (TPSA) is 45.4 Å². The number of anilines is 1. The SMILES string of the molecule is CN(C)CCCN(C)c1ccnc(C(N)=S)c1. The van der Waals surface area contributed by atoms with Gasteiger partial charge in [-0.05, 0) is 39.2 Å². The average Bonchev–Trinajstić information content (AvgIpc) is 2.28. The molecule has 0 saturated heterocycles. The number of rotatable bonds is 6. The standard InChI is InChI=1S/C12H20N4S/c1-15(2)7-4-8-16(3)10-5-6-14-11(9-10)12(13)17/h5-6,9H,4,7-8H2,1-3H3,(H2,13,17). The Morgan fingerprint density at radius 3 is 2.65 bits per heavy atom. The zero-order valence-corrected chi connectivity index (χ0v) is 11.5. The van der Waals surface area contributed by atoms with Gasteiger partial charge in [-0.3, -0.25) is 4.98 Å². The van der Waals surface area contributed by atoms with E-state index in [1.807, 2.05) is 12.1 Å². The van der Waals surface area contributed by atoms with E-state index in [4.69, 9.17) is 18.0 Å². The van der Waals surface area contributed by atoms with Crippen molar-refractivity contribution >= 4 is 22.9 Å². The van der Waals surface area contributed by atoms with Crippen molar-refractivity contribution in [1.29, 1.82) is 0 Å². The molecule has 0 amide bonds. The number of hydrogen-bond donors (Lipinski definition) is 1. The molecule has 0 fully saturated rings. The number of aromatic nitrogens is 1. The van der Waals surface area contributed by atoms with Crippen LogP contribution in [0, 0.1) is 0 Å². The molecule has 1 aromatic heterocycles. The van der Waals surface area contributed by atoms with Crippen molar-refractivity contribution in [2.75, 3.05) is 39.1 Å². The lowest BCUT2D eigenvalue weighted by Gasteiger charge is -2.20. The number of nitrogens with two attached hydrogens (primary N) is 1. The van der Waals surface area contributed by atoms with Crippen LogP contribution in [0.4, 0.5) is 5.69 Å². The first-order valence-electron chi connectivity index (χ1n) is 5.62. The summed E-state index contributed by atoms with van der Waals surface area (Å²) in [6.07, 6.45) is 2.86. The third-order valence-electron chi connectivity index (χ3n) is 2.54. The summed E-state index contributed by atoms with van der Waals surface area (Å²) < 4.78 is 0. The van der Waals surface area contributed by atoms with Crippen molar-refractivity contribution in [2.45, 2.75) is 6.42 Å². The molecular formula is C12H20N4S. The molecule has 0 spiro atoms. The molecule has 5 heteroatoms. The fraction of sp³-hybridized carbons (Fsp3) is 0.500. The number of nitrogens with zero attached hydrogens (tertiary/aromatic N) is 3. The lowest BCUT2D eigenvalue weighted by atomic mass is 10.2. The summed E-state index contributed by atoms with van der Waals surface area (Å²) in [5, 5.41) is 0. The van der Waals surface area contributed by atoms with Crippen LogP contribution in [0.3, 0.4) is 0 Å². The summed E-state index contributed by atoms with van der Waals surface area (Å²) in [6, 6.07) is 3.90. The predicted octanol–water partition coefficient (Wildman–Crippen LogP) is 1.10. The van der Waals surface area contributed by atoms with Crippen LogP contribution in [-0.2, 0) is 0 Å². The van der Waals surface area contributed by atoms with Crippen LogP contribution in [0.15, 0.2) is 18.3 Å². The third kappa shape index (κ3) is 4.66. The molecule has 0 radical (unpaired) electrons. The smallest absolute Gasteiger partial charge is 0.122 e. The highest BCUT2D eigenvalue weighted by atomic mass is 32.1. The van der Waals surface area contributed by atoms with Gasteiger partial charge in [-0.2, -0.15) is 0 Å². The number of hydrogen-bond acceptors (Lipinski definition) is 4. The van der Waals surface area contributed by atoms with E-state index in [0.29, 0.717) is 10.7 Å². The Labute approximate surface area is 108 Å². The third-order valence-corrected chi connectivity index (χ3v) is 2.74. The minimum Gasteiger partial charge on any atom is -0.388 e. The molecule has 0 aromatic carbocycles. The summed E-state index contributed by atoms with van der Waals surface area (Å²) >= 11 is 4.92. The molecule has 17 heavy (non-hydrogen) atoms. The van der Waals surface area contributed by atoms with Gasteiger partial charge in [0, 0.05) is 25.5 Å². The van der Waals surface area contributed by atoms with Crippen LogP contribution in [0.25, 0.3) is 0 Å². The van der Waals surface area contributed by atoms with Crippen LogP contribution in [-0.4, -0.2) is 49.1 Å². The van der Waals surface area contributed by atoms with Gasteiger partial charge in [0.1, 0.15) is 4.99 Å². The average molecular weight is 252 g/mol. The van der Waals surface area contributed by atoms with E-state index in [1.54, 1.807) is 6.20 Å². The molecule has 0 unspecified atom stereocenters. The van der Waals surface area contributed by atoms with Crippen LogP contribution in [0.2, 0.25) is 0 Å². The first-order chi connectivity index (χ1) is 8.00. The second kappa shape index (κ2) is 6.51. The Morgan fingerprint density at radius 2 is 2.06 bits per heavy atom. The van der Waals surface area contributed by atoms with Crippen molar-refractivity contribution < 1.29 is 0 Å². The van der Waals surface area contributed by atoms with Gasteiger partial charge in [0.05, 0.1) is 5.69 Å². The molecule has 0 atom stereocenters. The minimum absolute atomic E-state index is 0.341. The Kier molecular flexibility index (Phi) is 5.31. The molecule has 0 bridgehead atoms. The minimum atomic E-state index is 0.341. The largest absolute Gasteiger partial charge is 0.388 e. The van der Waals surface area contributed by atoms with Gasteiger partial charge in [-0.25, -0.2) is 0 Å². The maximum absolute atomic E-state index is 5.57. The molecular weight excluding hydrogens is 232 g/mol. The van der Waals surface area contributed by atoms with Crippen molar-refractivity contribution in [2.24, 2.45) is 5.73 Å². The summed E-state index contributed by atoms with van der Waals surface area (Å²) in [6.45, 7) is 2.08. The maximum Gasteiger partial charge on any atom is 0.122 e. The molecule has 0 saturated carbocycles. The van der Waals surface area contributed by atoms with Crippen molar-refractivity contribution in [1.82, 2.24) is 9.88 Å². The molecule has 0 aliphatic rings. The first kappa shape index (κ1) is 13.9. The fourth-order valence-corrected chi connectivity index (χ4v) is 1.66. The van der Waals surface area contributed by atoms with Gasteiger partial charge in [-0.15, -0.1) is 0 Å². The van der Waals surface area contributed by atoms with Crippen molar-refractivity contribution in [3.05, 3.63) is 24.0 Å². The van der Waals surface area contributed by atoms with E-state index < -0.39 is 0 Å². The quantitative estimate of drug-likeness (QED) is 0.768. The highest BCUT2D eigenvalue weighted by molar-refractivity contribution is 7.80. The molecule has 4 nitrogen and oxygen atoms in total. The van der Waals surface area contributed by atoms with E-state index in [1.165, 1.54) is 0 Å². The van der Waals surface area contributed by atoms with Crippen molar-refractivity contribution in [3.63, 3.8) is 0 Å². The lowest BCUT2D eigenvalue weighted by Crippen LogP contribution is -2.23. The Bertz CT molecular complexity index is 379. The summed E-state index contributed by atoms with van der Waals surface area (Å²) in [5.74, 6) is 0. The van der Waals surface area contributed by atoms with E-state index in [-0.39, 0.29) is 0 Å². The number of pyridine rings is 1. The van der Waals surface area contributed by atoms with Gasteiger partial charge < -0.3 is 15.5 Å². The molecule has 1 rings (SSSR count). The highest BCUT2D eigenvalue weighted by Gasteiger charge is 2.04. The van der Waals surface area contributed by atoms with E-state index in [2.05, 4.69) is 35.9 Å². The monoisotopic (exact) mass is 252 g/mol. The summed E-state index contributed by atoms with van der Waals surface area (Å²) in [5.41, 5.74) is 7.34. The Hall–Kier alpha value is -1.20. The molecule has 0 aliphatic heterocycles. The molecule has 1 aromatic rings. The lowest BCUT2D eigenvalue weighted by molar-refractivity contribution is 0.401. The van der Waals surface area contributed by atoms with Gasteiger partial charge in [0.25, 0.3) is 0 Å². The summed E-state index contributed by atoms with van der Waals surface area (Å²) in [7, 11) is 6.23. The summed E-state index contributed by atoms with van der Waals surface area (Å²) in [4.78, 5) is 8.84. The molecule has 0 aliphatic carbocycles. The Balaban J connectivity index is 2.59. The van der Waals surface area contributed by atoms with Crippen molar-refractivity contribution in [3.8, 4) is 0 Å². The molecule has 2 N–H and O–H groups in total. The second-order valence-electron chi connectivity index (χ2n) is 4.34. The highest BCUT2D eigenvalue weighted by Crippen LogP contribution is 2.13. The van der Waals surface area contributed by atoms with Gasteiger partial charge in [-0.1, -0.05) is 12.2 Å². The number of thiocarbonyl (C=S) groups is 1. The van der Waals surface area contributed by atoms with E-state index >= 15 is 0 Å². The van der Waals surface area contributed by atoms with Gasteiger partial charge >= 0.3 is 0 Å². The van der Waals surface area contributed by atoms with Crippen LogP contribution < -0.4 is 10.6 Å². The predicted molar refractivity (Wildman–Crippen MR) is 76.6 cm³/mol. The van der Waals surface area contributed by atoms with Gasteiger partial charge in [0.2, 0.25) is 0 Å². The fourth-order valence-electron chi connectivity index (χ4n) is 1.54. The van der Waals surface area contributed by atoms with E-state index in [9.17, 15) is 0 Å². The second-order valence-corrected chi connectivity index (χ2v) is 4.78. The normalized spacial score (nSPS) is 10.6. The zero-order chi connectivity index (χ0) is 12.8. The zero-order valence-electron chi connectivity index (χ0n) is 10.7. The first-order valence-corrected chi connectivity index (χ1v) is 6.03. The van der Waals surface area contributed by atoms with Crippen LogP contribution >= 0.6 is 12.2 Å². The molecule has 1 heterocycles.